The van der Waals surface area contributed by atoms with Gasteiger partial charge in [-0.1, -0.05) is 6.07 Å². The van der Waals surface area contributed by atoms with Gasteiger partial charge in [-0.05, 0) is 74.2 Å². The summed E-state index contributed by atoms with van der Waals surface area (Å²) in [6.07, 6.45) is 0.579. The third-order valence-electron chi connectivity index (χ3n) is 5.09. The smallest absolute Gasteiger partial charge is 0.309 e. The molecule has 1 saturated heterocycles. The Morgan fingerprint density at radius 3 is 2.23 bits per heavy atom. The molecule has 0 aliphatic carbocycles. The Bertz CT molecular complexity index is 1040. The number of amides is 1. The lowest BCUT2D eigenvalue weighted by molar-refractivity contribution is -0.152. The van der Waals surface area contributed by atoms with Gasteiger partial charge in [-0.15, -0.1) is 0 Å². The molecular weight excluding hydrogens is 423 g/mol. The minimum Gasteiger partial charge on any atom is -0.455 e. The van der Waals surface area contributed by atoms with E-state index in [9.17, 15) is 22.4 Å². The van der Waals surface area contributed by atoms with Crippen LogP contribution in [0, 0.1) is 25.6 Å². The Kier molecular flexibility index (Phi) is 7.07. The number of nitrogens with one attached hydrogen (secondary N) is 1. The van der Waals surface area contributed by atoms with Gasteiger partial charge in [-0.3, -0.25) is 9.59 Å². The Labute approximate surface area is 181 Å². The summed E-state index contributed by atoms with van der Waals surface area (Å²) in [7, 11) is -3.74. The van der Waals surface area contributed by atoms with Crippen molar-refractivity contribution in [3.05, 3.63) is 59.4 Å². The van der Waals surface area contributed by atoms with Gasteiger partial charge in [0.1, 0.15) is 5.82 Å². The van der Waals surface area contributed by atoms with Crippen LogP contribution in [0.2, 0.25) is 0 Å². The number of anilines is 1. The third-order valence-corrected chi connectivity index (χ3v) is 7.00. The van der Waals surface area contributed by atoms with Crippen LogP contribution in [0.1, 0.15) is 24.0 Å². The second-order valence-electron chi connectivity index (χ2n) is 7.66. The van der Waals surface area contributed by atoms with Gasteiger partial charge in [0, 0.05) is 18.8 Å². The molecular formula is C22H25FN2O5S. The first-order valence-electron chi connectivity index (χ1n) is 9.95. The highest BCUT2D eigenvalue weighted by Gasteiger charge is 2.33. The molecule has 3 rings (SSSR count). The van der Waals surface area contributed by atoms with Crippen molar-refractivity contribution in [2.24, 2.45) is 5.92 Å². The summed E-state index contributed by atoms with van der Waals surface area (Å²) in [5.41, 5.74) is 2.65. The zero-order chi connectivity index (χ0) is 22.6. The largest absolute Gasteiger partial charge is 0.455 e. The molecule has 9 heteroatoms. The van der Waals surface area contributed by atoms with Crippen LogP contribution in [0.3, 0.4) is 0 Å². The summed E-state index contributed by atoms with van der Waals surface area (Å²) < 4.78 is 44.8. The fraction of sp³-hybridized carbons (Fsp3) is 0.364. The molecule has 0 aromatic heterocycles. The number of piperidine rings is 1. The summed E-state index contributed by atoms with van der Waals surface area (Å²) in [6, 6.07) is 10.3. The van der Waals surface area contributed by atoms with E-state index in [1.54, 1.807) is 0 Å². The van der Waals surface area contributed by atoms with E-state index >= 15 is 0 Å². The van der Waals surface area contributed by atoms with Crippen molar-refractivity contribution >= 4 is 27.6 Å². The van der Waals surface area contributed by atoms with Gasteiger partial charge < -0.3 is 10.1 Å². The lowest BCUT2D eigenvalue weighted by Crippen LogP contribution is -2.40. The average molecular weight is 449 g/mol. The SMILES string of the molecule is Cc1cc(C)cc(NC(=O)COC(=O)C2CCN(S(=O)(=O)c3ccc(F)cc3)CC2)c1. The molecule has 31 heavy (non-hydrogen) atoms. The van der Waals surface area contributed by atoms with Crippen LogP contribution in [0.4, 0.5) is 10.1 Å². The molecule has 1 aliphatic rings. The summed E-state index contributed by atoms with van der Waals surface area (Å²) in [5.74, 6) is -1.94. The van der Waals surface area contributed by atoms with E-state index in [0.717, 1.165) is 23.3 Å². The van der Waals surface area contributed by atoms with E-state index in [1.165, 1.54) is 16.4 Å². The van der Waals surface area contributed by atoms with Crippen LogP contribution in [-0.2, 0) is 24.3 Å². The highest BCUT2D eigenvalue weighted by Crippen LogP contribution is 2.25. The van der Waals surface area contributed by atoms with Gasteiger partial charge in [-0.25, -0.2) is 12.8 Å². The van der Waals surface area contributed by atoms with E-state index in [4.69, 9.17) is 4.74 Å². The van der Waals surface area contributed by atoms with Crippen LogP contribution in [0.15, 0.2) is 47.4 Å². The number of rotatable bonds is 6. The predicted octanol–water partition coefficient (Wildman–Crippen LogP) is 3.03. The Morgan fingerprint density at radius 2 is 1.65 bits per heavy atom. The maximum absolute atomic E-state index is 13.1. The number of hydrogen-bond acceptors (Lipinski definition) is 5. The van der Waals surface area contributed by atoms with Gasteiger partial charge in [0.05, 0.1) is 10.8 Å². The van der Waals surface area contributed by atoms with Crippen LogP contribution >= 0.6 is 0 Å². The first-order valence-corrected chi connectivity index (χ1v) is 11.4. The minimum atomic E-state index is -3.74. The van der Waals surface area contributed by atoms with E-state index < -0.39 is 40.2 Å². The maximum Gasteiger partial charge on any atom is 0.309 e. The molecule has 0 bridgehead atoms. The van der Waals surface area contributed by atoms with E-state index in [2.05, 4.69) is 5.32 Å². The van der Waals surface area contributed by atoms with Crippen molar-refractivity contribution < 1.29 is 27.1 Å². The Balaban J connectivity index is 1.48. The second-order valence-corrected chi connectivity index (χ2v) is 9.60. The molecule has 0 atom stereocenters. The third kappa shape index (κ3) is 5.89. The van der Waals surface area contributed by atoms with Gasteiger partial charge in [0.15, 0.2) is 6.61 Å². The molecule has 1 N–H and O–H groups in total. The van der Waals surface area contributed by atoms with E-state index in [-0.39, 0.29) is 30.8 Å². The molecule has 0 saturated carbocycles. The molecule has 2 aromatic carbocycles. The molecule has 1 aliphatic heterocycles. The number of esters is 1. The number of aryl methyl sites for hydroxylation is 2. The minimum absolute atomic E-state index is 0.0120. The average Bonchev–Trinajstić information content (AvgIpc) is 2.71. The molecule has 0 unspecified atom stereocenters. The zero-order valence-corrected chi connectivity index (χ0v) is 18.2. The van der Waals surface area contributed by atoms with Crippen molar-refractivity contribution in [3.63, 3.8) is 0 Å². The quantitative estimate of drug-likeness (QED) is 0.686. The molecule has 7 nitrogen and oxygen atoms in total. The lowest BCUT2D eigenvalue weighted by atomic mass is 9.98. The van der Waals surface area contributed by atoms with Crippen molar-refractivity contribution in [3.8, 4) is 0 Å². The van der Waals surface area contributed by atoms with Crippen LogP contribution in [0.5, 0.6) is 0 Å². The van der Waals surface area contributed by atoms with Crippen molar-refractivity contribution in [1.29, 1.82) is 0 Å². The zero-order valence-electron chi connectivity index (χ0n) is 17.4. The monoisotopic (exact) mass is 448 g/mol. The van der Waals surface area contributed by atoms with Gasteiger partial charge in [0.25, 0.3) is 5.91 Å². The number of carbonyl (C=O) groups excluding carboxylic acids is 2. The number of ether oxygens (including phenoxy) is 1. The number of nitrogens with zero attached hydrogens (tertiary/aromatic N) is 1. The molecule has 1 fully saturated rings. The highest BCUT2D eigenvalue weighted by molar-refractivity contribution is 7.89. The fourth-order valence-electron chi connectivity index (χ4n) is 3.59. The fourth-order valence-corrected chi connectivity index (χ4v) is 5.06. The first-order chi connectivity index (χ1) is 14.6. The van der Waals surface area contributed by atoms with Gasteiger partial charge in [-0.2, -0.15) is 4.31 Å². The van der Waals surface area contributed by atoms with Crippen molar-refractivity contribution in [1.82, 2.24) is 4.31 Å². The van der Waals surface area contributed by atoms with E-state index in [1.807, 2.05) is 32.0 Å². The molecule has 1 amide bonds. The normalized spacial score (nSPS) is 15.5. The topological polar surface area (TPSA) is 92.8 Å². The molecule has 0 spiro atoms. The maximum atomic E-state index is 13.1. The second kappa shape index (κ2) is 9.57. The van der Waals surface area contributed by atoms with Gasteiger partial charge in [0.2, 0.25) is 10.0 Å². The standard InChI is InChI=1S/C22H25FN2O5S/c1-15-11-16(2)13-19(12-15)24-21(26)14-30-22(27)17-7-9-25(10-8-17)31(28,29)20-5-3-18(23)4-6-20/h3-6,11-13,17H,7-10,14H2,1-2H3,(H,24,26). The van der Waals surface area contributed by atoms with Crippen LogP contribution in [0.25, 0.3) is 0 Å². The summed E-state index contributed by atoms with van der Waals surface area (Å²) >= 11 is 0. The lowest BCUT2D eigenvalue weighted by Gasteiger charge is -2.30. The molecule has 166 valence electrons. The van der Waals surface area contributed by atoms with E-state index in [0.29, 0.717) is 5.69 Å². The summed E-state index contributed by atoms with van der Waals surface area (Å²) in [5, 5.41) is 2.70. The Morgan fingerprint density at radius 1 is 1.06 bits per heavy atom. The Hall–Kier alpha value is -2.78. The van der Waals surface area contributed by atoms with Gasteiger partial charge >= 0.3 is 5.97 Å². The summed E-state index contributed by atoms with van der Waals surface area (Å²) in [6.45, 7) is 3.74. The molecule has 0 radical (unpaired) electrons. The number of sulfonamides is 1. The molecule has 1 heterocycles. The molecule has 2 aromatic rings. The first kappa shape index (κ1) is 22.9. The summed E-state index contributed by atoms with van der Waals surface area (Å²) in [4.78, 5) is 24.4. The highest BCUT2D eigenvalue weighted by atomic mass is 32.2. The number of benzene rings is 2. The van der Waals surface area contributed by atoms with Crippen molar-refractivity contribution in [2.45, 2.75) is 31.6 Å². The van der Waals surface area contributed by atoms with Crippen LogP contribution < -0.4 is 5.32 Å². The van der Waals surface area contributed by atoms with Crippen molar-refractivity contribution in [2.75, 3.05) is 25.0 Å². The number of carbonyl (C=O) groups is 2. The van der Waals surface area contributed by atoms with Crippen LogP contribution in [-0.4, -0.2) is 44.3 Å². The predicted molar refractivity (Wildman–Crippen MR) is 113 cm³/mol. The number of hydrogen-bond donors (Lipinski definition) is 1. The number of halogens is 1.